The van der Waals surface area contributed by atoms with Gasteiger partial charge in [-0.2, -0.15) is 0 Å². The van der Waals surface area contributed by atoms with Crippen LogP contribution in [0.25, 0.3) is 0 Å². The highest BCUT2D eigenvalue weighted by Gasteiger charge is 2.37. The zero-order chi connectivity index (χ0) is 17.8. The fourth-order valence-electron chi connectivity index (χ4n) is 4.11. The third-order valence-electron chi connectivity index (χ3n) is 5.46. The summed E-state index contributed by atoms with van der Waals surface area (Å²) in [5, 5.41) is 3.32. The van der Waals surface area contributed by atoms with E-state index in [1.807, 2.05) is 17.0 Å². The molecule has 1 saturated heterocycles. The van der Waals surface area contributed by atoms with Crippen molar-refractivity contribution in [2.24, 2.45) is 5.92 Å². The van der Waals surface area contributed by atoms with Crippen molar-refractivity contribution in [2.45, 2.75) is 31.7 Å². The van der Waals surface area contributed by atoms with Crippen molar-refractivity contribution in [2.75, 3.05) is 33.2 Å². The predicted molar refractivity (Wildman–Crippen MR) is 98.7 cm³/mol. The molecule has 6 heteroatoms. The van der Waals surface area contributed by atoms with Crippen LogP contribution in [0.3, 0.4) is 0 Å². The second-order valence-corrected chi connectivity index (χ2v) is 7.32. The summed E-state index contributed by atoms with van der Waals surface area (Å²) >= 11 is 6.15. The van der Waals surface area contributed by atoms with Gasteiger partial charge in [-0.1, -0.05) is 36.6 Å². The highest BCUT2D eigenvalue weighted by atomic mass is 35.5. The zero-order valence-corrected chi connectivity index (χ0v) is 15.5. The van der Waals surface area contributed by atoms with Crippen LogP contribution >= 0.6 is 11.6 Å². The first kappa shape index (κ1) is 18.2. The SMILES string of the molecule is CNC(=O)[C@H](C1CCCC1)N1CCN(C(=O)c2ccccc2Cl)CC1. The minimum atomic E-state index is -0.0648. The molecule has 1 heterocycles. The number of benzene rings is 1. The maximum atomic E-state index is 12.7. The first-order valence-corrected chi connectivity index (χ1v) is 9.49. The van der Waals surface area contributed by atoms with E-state index in [2.05, 4.69) is 10.2 Å². The lowest BCUT2D eigenvalue weighted by Crippen LogP contribution is -2.57. The number of carbonyl (C=O) groups is 2. The number of rotatable bonds is 4. The normalized spacial score (nSPS) is 20.5. The summed E-state index contributed by atoms with van der Waals surface area (Å²) in [5.41, 5.74) is 0.552. The lowest BCUT2D eigenvalue weighted by atomic mass is 9.95. The van der Waals surface area contributed by atoms with Gasteiger partial charge in [-0.3, -0.25) is 14.5 Å². The molecule has 1 atom stereocenters. The Kier molecular flexibility index (Phi) is 5.97. The van der Waals surface area contributed by atoms with Crippen LogP contribution in [-0.4, -0.2) is 60.9 Å². The van der Waals surface area contributed by atoms with Crippen molar-refractivity contribution >= 4 is 23.4 Å². The summed E-state index contributed by atoms with van der Waals surface area (Å²) < 4.78 is 0. The van der Waals surface area contributed by atoms with Gasteiger partial charge in [-0.25, -0.2) is 0 Å². The number of carbonyl (C=O) groups excluding carboxylic acids is 2. The lowest BCUT2D eigenvalue weighted by molar-refractivity contribution is -0.128. The van der Waals surface area contributed by atoms with E-state index in [4.69, 9.17) is 11.6 Å². The van der Waals surface area contributed by atoms with Crippen LogP contribution < -0.4 is 5.32 Å². The van der Waals surface area contributed by atoms with Crippen LogP contribution in [0.15, 0.2) is 24.3 Å². The summed E-state index contributed by atoms with van der Waals surface area (Å²) in [4.78, 5) is 29.2. The smallest absolute Gasteiger partial charge is 0.255 e. The molecule has 3 rings (SSSR count). The van der Waals surface area contributed by atoms with Crippen LogP contribution in [-0.2, 0) is 4.79 Å². The predicted octanol–water partition coefficient (Wildman–Crippen LogP) is 2.40. The molecule has 25 heavy (non-hydrogen) atoms. The first-order chi connectivity index (χ1) is 12.1. The Morgan fingerprint density at radius 1 is 1.12 bits per heavy atom. The highest BCUT2D eigenvalue weighted by molar-refractivity contribution is 6.33. The Hall–Kier alpha value is -1.59. The fraction of sp³-hybridized carbons (Fsp3) is 0.579. The van der Waals surface area contributed by atoms with E-state index in [1.54, 1.807) is 19.2 Å². The van der Waals surface area contributed by atoms with Gasteiger partial charge >= 0.3 is 0 Å². The van der Waals surface area contributed by atoms with Crippen molar-refractivity contribution in [3.63, 3.8) is 0 Å². The molecule has 2 aliphatic rings. The van der Waals surface area contributed by atoms with E-state index >= 15 is 0 Å². The van der Waals surface area contributed by atoms with Gasteiger partial charge in [-0.05, 0) is 30.9 Å². The number of hydrogen-bond acceptors (Lipinski definition) is 3. The van der Waals surface area contributed by atoms with Crippen LogP contribution in [0.4, 0.5) is 0 Å². The molecule has 2 amide bonds. The summed E-state index contributed by atoms with van der Waals surface area (Å²) in [6, 6.07) is 7.10. The standard InChI is InChI=1S/C19H26ClN3O2/c1-21-18(24)17(14-6-2-3-7-14)22-10-12-23(13-11-22)19(25)15-8-4-5-9-16(15)20/h4-5,8-9,14,17H,2-3,6-7,10-13H2,1H3,(H,21,24)/t17-/m0/s1. The maximum Gasteiger partial charge on any atom is 0.255 e. The monoisotopic (exact) mass is 363 g/mol. The molecule has 2 fully saturated rings. The summed E-state index contributed by atoms with van der Waals surface area (Å²) in [6.07, 6.45) is 4.67. The minimum absolute atomic E-state index is 0.0254. The van der Waals surface area contributed by atoms with Crippen molar-refractivity contribution in [1.29, 1.82) is 0 Å². The molecule has 0 spiro atoms. The van der Waals surface area contributed by atoms with Gasteiger partial charge in [0, 0.05) is 33.2 Å². The summed E-state index contributed by atoms with van der Waals surface area (Å²) in [6.45, 7) is 2.71. The molecule has 5 nitrogen and oxygen atoms in total. The van der Waals surface area contributed by atoms with Gasteiger partial charge in [-0.15, -0.1) is 0 Å². The minimum Gasteiger partial charge on any atom is -0.358 e. The molecule has 1 aromatic carbocycles. The molecule has 1 aliphatic carbocycles. The van der Waals surface area contributed by atoms with Gasteiger partial charge in [0.15, 0.2) is 0 Å². The van der Waals surface area contributed by atoms with Gasteiger partial charge in [0.05, 0.1) is 16.6 Å². The molecule has 0 radical (unpaired) electrons. The molecule has 136 valence electrons. The van der Waals surface area contributed by atoms with Crippen LogP contribution in [0.2, 0.25) is 5.02 Å². The number of halogens is 1. The summed E-state index contributed by atoms with van der Waals surface area (Å²) in [5.74, 6) is 0.520. The maximum absolute atomic E-state index is 12.7. The second kappa shape index (κ2) is 8.19. The molecular formula is C19H26ClN3O2. The Bertz CT molecular complexity index is 623. The van der Waals surface area contributed by atoms with Crippen LogP contribution in [0.5, 0.6) is 0 Å². The number of likely N-dealkylation sites (N-methyl/N-ethyl adjacent to an activating group) is 1. The molecule has 1 aromatic rings. The molecule has 1 aliphatic heterocycles. The number of nitrogens with zero attached hydrogens (tertiary/aromatic N) is 2. The van der Waals surface area contributed by atoms with E-state index in [1.165, 1.54) is 12.8 Å². The fourth-order valence-corrected chi connectivity index (χ4v) is 4.32. The second-order valence-electron chi connectivity index (χ2n) is 6.91. The average Bonchev–Trinajstić information content (AvgIpc) is 3.16. The van der Waals surface area contributed by atoms with Crippen molar-refractivity contribution in [3.05, 3.63) is 34.9 Å². The van der Waals surface area contributed by atoms with Crippen molar-refractivity contribution in [3.8, 4) is 0 Å². The third kappa shape index (κ3) is 3.98. The number of piperazine rings is 1. The molecule has 0 unspecified atom stereocenters. The third-order valence-corrected chi connectivity index (χ3v) is 5.79. The van der Waals surface area contributed by atoms with Crippen LogP contribution in [0.1, 0.15) is 36.0 Å². The number of nitrogens with one attached hydrogen (secondary N) is 1. The topological polar surface area (TPSA) is 52.7 Å². The van der Waals surface area contributed by atoms with Crippen molar-refractivity contribution < 1.29 is 9.59 Å². The van der Waals surface area contributed by atoms with Crippen molar-refractivity contribution in [1.82, 2.24) is 15.1 Å². The average molecular weight is 364 g/mol. The molecule has 1 N–H and O–H groups in total. The highest BCUT2D eigenvalue weighted by Crippen LogP contribution is 2.31. The van der Waals surface area contributed by atoms with Crippen LogP contribution in [0, 0.1) is 5.92 Å². The molecule has 0 aromatic heterocycles. The summed E-state index contributed by atoms with van der Waals surface area (Å²) in [7, 11) is 1.71. The molecule has 0 bridgehead atoms. The van der Waals surface area contributed by atoms with Gasteiger partial charge < -0.3 is 10.2 Å². The van der Waals surface area contributed by atoms with Gasteiger partial charge in [0.25, 0.3) is 5.91 Å². The van der Waals surface area contributed by atoms with E-state index in [0.29, 0.717) is 29.6 Å². The van der Waals surface area contributed by atoms with E-state index in [-0.39, 0.29) is 17.9 Å². The lowest BCUT2D eigenvalue weighted by Gasteiger charge is -2.40. The van der Waals surface area contributed by atoms with E-state index < -0.39 is 0 Å². The Morgan fingerprint density at radius 2 is 1.76 bits per heavy atom. The van der Waals surface area contributed by atoms with Gasteiger partial charge in [0.2, 0.25) is 5.91 Å². The van der Waals surface area contributed by atoms with E-state index in [0.717, 1.165) is 25.9 Å². The Labute approximate surface area is 154 Å². The Morgan fingerprint density at radius 3 is 2.36 bits per heavy atom. The number of hydrogen-bond donors (Lipinski definition) is 1. The van der Waals surface area contributed by atoms with E-state index in [9.17, 15) is 9.59 Å². The Balaban J connectivity index is 1.65. The zero-order valence-electron chi connectivity index (χ0n) is 14.7. The molecule has 1 saturated carbocycles. The quantitative estimate of drug-likeness (QED) is 0.893. The first-order valence-electron chi connectivity index (χ1n) is 9.11. The number of amides is 2. The van der Waals surface area contributed by atoms with Gasteiger partial charge in [0.1, 0.15) is 0 Å². The largest absolute Gasteiger partial charge is 0.358 e. The molecular weight excluding hydrogens is 338 g/mol.